The average Bonchev–Trinajstić information content (AvgIpc) is 3.10. The van der Waals surface area contributed by atoms with Crippen molar-refractivity contribution in [1.29, 1.82) is 0 Å². The molecule has 0 N–H and O–H groups in total. The number of hydrogen-bond acceptors (Lipinski definition) is 4. The summed E-state index contributed by atoms with van der Waals surface area (Å²) in [5, 5.41) is 2.16. The highest BCUT2D eigenvalue weighted by Crippen LogP contribution is 2.31. The fourth-order valence-electron chi connectivity index (χ4n) is 2.67. The number of benzene rings is 1. The Kier molecular flexibility index (Phi) is 5.70. The van der Waals surface area contributed by atoms with Crippen molar-refractivity contribution >= 4 is 50.5 Å². The van der Waals surface area contributed by atoms with E-state index in [0.29, 0.717) is 19.5 Å². The van der Waals surface area contributed by atoms with Gasteiger partial charge in [0.2, 0.25) is 15.9 Å². The number of halogens is 2. The van der Waals surface area contributed by atoms with Gasteiger partial charge in [0.05, 0.1) is 16.5 Å². The second-order valence-electron chi connectivity index (χ2n) is 5.59. The summed E-state index contributed by atoms with van der Waals surface area (Å²) >= 11 is 13.5. The van der Waals surface area contributed by atoms with Gasteiger partial charge < -0.3 is 4.90 Å². The molecule has 0 atom stereocenters. The highest BCUT2D eigenvalue weighted by Gasteiger charge is 2.31. The summed E-state index contributed by atoms with van der Waals surface area (Å²) in [5.74, 6) is 0.0142. The minimum Gasteiger partial charge on any atom is -0.340 e. The van der Waals surface area contributed by atoms with Crippen molar-refractivity contribution < 1.29 is 13.2 Å². The van der Waals surface area contributed by atoms with Crippen molar-refractivity contribution in [1.82, 2.24) is 9.21 Å². The molecule has 1 saturated heterocycles. The molecule has 1 aliphatic heterocycles. The normalized spacial score (nSPS) is 16.2. The largest absolute Gasteiger partial charge is 0.340 e. The monoisotopic (exact) mass is 418 g/mol. The van der Waals surface area contributed by atoms with Gasteiger partial charge in [-0.3, -0.25) is 4.79 Å². The molecule has 1 amide bonds. The summed E-state index contributed by atoms with van der Waals surface area (Å²) in [6.07, 6.45) is 0.352. The van der Waals surface area contributed by atoms with Gasteiger partial charge in [-0.05, 0) is 23.6 Å². The summed E-state index contributed by atoms with van der Waals surface area (Å²) in [7, 11) is -3.73. The Balaban J connectivity index is 1.67. The third kappa shape index (κ3) is 4.01. The van der Waals surface area contributed by atoms with Crippen LogP contribution in [-0.2, 0) is 21.2 Å². The summed E-state index contributed by atoms with van der Waals surface area (Å²) in [6, 6.07) is 8.38. The van der Waals surface area contributed by atoms with E-state index in [9.17, 15) is 13.2 Å². The molecular weight excluding hydrogens is 403 g/mol. The maximum absolute atomic E-state index is 12.8. The number of piperazine rings is 1. The van der Waals surface area contributed by atoms with Gasteiger partial charge in [0.25, 0.3) is 0 Å². The second-order valence-corrected chi connectivity index (χ2v) is 9.32. The minimum atomic E-state index is -3.73. The second kappa shape index (κ2) is 7.63. The first-order valence-electron chi connectivity index (χ1n) is 7.64. The molecule has 0 spiro atoms. The Morgan fingerprint density at radius 2 is 1.80 bits per heavy atom. The van der Waals surface area contributed by atoms with E-state index in [1.54, 1.807) is 17.0 Å². The molecule has 0 aliphatic carbocycles. The van der Waals surface area contributed by atoms with Crippen LogP contribution in [0.15, 0.2) is 40.6 Å². The van der Waals surface area contributed by atoms with Crippen LogP contribution in [0.4, 0.5) is 0 Å². The fraction of sp³-hybridized carbons (Fsp3) is 0.312. The number of rotatable bonds is 4. The van der Waals surface area contributed by atoms with E-state index < -0.39 is 10.0 Å². The Morgan fingerprint density at radius 1 is 1.08 bits per heavy atom. The van der Waals surface area contributed by atoms with Crippen molar-refractivity contribution in [3.05, 3.63) is 50.6 Å². The standard InChI is InChI=1S/C16H16Cl2N2O3S2/c17-13-4-1-5-14(16(13)18)25(22,23)20-8-6-19(7-9-20)15(21)11-12-3-2-10-24-12/h1-5,10H,6-9,11H2. The van der Waals surface area contributed by atoms with Gasteiger partial charge >= 0.3 is 0 Å². The number of amides is 1. The van der Waals surface area contributed by atoms with Crippen LogP contribution in [0.25, 0.3) is 0 Å². The van der Waals surface area contributed by atoms with E-state index in [2.05, 4.69) is 0 Å². The van der Waals surface area contributed by atoms with E-state index in [-0.39, 0.29) is 33.9 Å². The van der Waals surface area contributed by atoms with Crippen molar-refractivity contribution in [2.75, 3.05) is 26.2 Å². The number of carbonyl (C=O) groups excluding carboxylic acids is 1. The molecule has 1 aromatic heterocycles. The first-order chi connectivity index (χ1) is 11.9. The van der Waals surface area contributed by atoms with E-state index in [4.69, 9.17) is 23.2 Å². The predicted octanol–water partition coefficient (Wildman–Crippen LogP) is 3.13. The Hall–Kier alpha value is -1.12. The maximum Gasteiger partial charge on any atom is 0.244 e. The first-order valence-corrected chi connectivity index (χ1v) is 10.7. The van der Waals surface area contributed by atoms with E-state index >= 15 is 0 Å². The number of thiophene rings is 1. The van der Waals surface area contributed by atoms with E-state index in [0.717, 1.165) is 4.88 Å². The van der Waals surface area contributed by atoms with E-state index in [1.807, 2.05) is 17.5 Å². The third-order valence-corrected chi connectivity index (χ3v) is 7.78. The van der Waals surface area contributed by atoms with Crippen LogP contribution >= 0.6 is 34.5 Å². The maximum atomic E-state index is 12.8. The molecule has 5 nitrogen and oxygen atoms in total. The zero-order chi connectivity index (χ0) is 18.0. The first kappa shape index (κ1) is 18.7. The number of sulfonamides is 1. The lowest BCUT2D eigenvalue weighted by molar-refractivity contribution is -0.131. The molecule has 134 valence electrons. The Bertz CT molecular complexity index is 862. The number of nitrogens with zero attached hydrogens (tertiary/aromatic N) is 2. The van der Waals surface area contributed by atoms with Crippen LogP contribution in [0.1, 0.15) is 4.88 Å². The third-order valence-electron chi connectivity index (χ3n) is 4.03. The van der Waals surface area contributed by atoms with Crippen LogP contribution in [0.3, 0.4) is 0 Å². The van der Waals surface area contributed by atoms with Gasteiger partial charge in [-0.15, -0.1) is 11.3 Å². The summed E-state index contributed by atoms with van der Waals surface area (Å²) in [4.78, 5) is 15.0. The van der Waals surface area contributed by atoms with Crippen LogP contribution in [-0.4, -0.2) is 49.7 Å². The average molecular weight is 419 g/mol. The SMILES string of the molecule is O=C(Cc1cccs1)N1CCN(S(=O)(=O)c2cccc(Cl)c2Cl)CC1. The van der Waals surface area contributed by atoms with Crippen LogP contribution in [0.5, 0.6) is 0 Å². The quantitative estimate of drug-likeness (QED) is 0.765. The lowest BCUT2D eigenvalue weighted by Gasteiger charge is -2.34. The van der Waals surface area contributed by atoms with Gasteiger partial charge in [-0.25, -0.2) is 8.42 Å². The highest BCUT2D eigenvalue weighted by molar-refractivity contribution is 7.89. The zero-order valence-electron chi connectivity index (χ0n) is 13.2. The molecule has 0 bridgehead atoms. The topological polar surface area (TPSA) is 57.7 Å². The summed E-state index contributed by atoms with van der Waals surface area (Å²) in [5.41, 5.74) is 0. The lowest BCUT2D eigenvalue weighted by atomic mass is 10.3. The van der Waals surface area contributed by atoms with Crippen LogP contribution in [0.2, 0.25) is 10.0 Å². The summed E-state index contributed by atoms with van der Waals surface area (Å²) < 4.78 is 26.9. The smallest absolute Gasteiger partial charge is 0.244 e. The molecule has 0 radical (unpaired) electrons. The molecular formula is C16H16Cl2N2O3S2. The van der Waals surface area contributed by atoms with E-state index in [1.165, 1.54) is 21.7 Å². The van der Waals surface area contributed by atoms with Crippen LogP contribution < -0.4 is 0 Å². The number of hydrogen-bond donors (Lipinski definition) is 0. The Morgan fingerprint density at radius 3 is 2.44 bits per heavy atom. The summed E-state index contributed by atoms with van der Waals surface area (Å²) in [6.45, 7) is 1.20. The molecule has 25 heavy (non-hydrogen) atoms. The predicted molar refractivity (Wildman–Crippen MR) is 99.8 cm³/mol. The molecule has 9 heteroatoms. The lowest BCUT2D eigenvalue weighted by Crippen LogP contribution is -2.50. The molecule has 2 heterocycles. The van der Waals surface area contributed by atoms with Crippen LogP contribution in [0, 0.1) is 0 Å². The molecule has 3 rings (SSSR count). The fourth-order valence-corrected chi connectivity index (χ4v) is 5.53. The van der Waals surface area contributed by atoms with Crippen molar-refractivity contribution in [2.45, 2.75) is 11.3 Å². The molecule has 1 aliphatic rings. The van der Waals surface area contributed by atoms with Gasteiger partial charge in [-0.2, -0.15) is 4.31 Å². The highest BCUT2D eigenvalue weighted by atomic mass is 35.5. The van der Waals surface area contributed by atoms with Gasteiger partial charge in [0.1, 0.15) is 4.90 Å². The Labute approximate surface area is 160 Å². The molecule has 1 aromatic carbocycles. The molecule has 2 aromatic rings. The van der Waals surface area contributed by atoms with Crippen molar-refractivity contribution in [2.24, 2.45) is 0 Å². The van der Waals surface area contributed by atoms with Crippen molar-refractivity contribution in [3.63, 3.8) is 0 Å². The molecule has 1 fully saturated rings. The van der Waals surface area contributed by atoms with Gasteiger partial charge in [-0.1, -0.05) is 35.3 Å². The molecule has 0 unspecified atom stereocenters. The zero-order valence-corrected chi connectivity index (χ0v) is 16.3. The van der Waals surface area contributed by atoms with Crippen molar-refractivity contribution in [3.8, 4) is 0 Å². The number of carbonyl (C=O) groups is 1. The minimum absolute atomic E-state index is 0.0000266. The van der Waals surface area contributed by atoms with Gasteiger partial charge in [0, 0.05) is 31.1 Å². The van der Waals surface area contributed by atoms with Gasteiger partial charge in [0.15, 0.2) is 0 Å². The molecule has 0 saturated carbocycles.